The predicted molar refractivity (Wildman–Crippen MR) is 99.3 cm³/mol. The summed E-state index contributed by atoms with van der Waals surface area (Å²) < 4.78 is 5.85. The average Bonchev–Trinajstić information content (AvgIpc) is 2.96. The quantitative estimate of drug-likeness (QED) is 0.424. The summed E-state index contributed by atoms with van der Waals surface area (Å²) in [7, 11) is 0. The first-order valence-corrected chi connectivity index (χ1v) is 8.62. The number of hydrogen-bond acceptors (Lipinski definition) is 4. The Kier molecular flexibility index (Phi) is 4.37. The number of oxime groups is 1. The highest BCUT2D eigenvalue weighted by atomic mass is 16.5. The second-order valence-corrected chi connectivity index (χ2v) is 6.26. The molecule has 1 atom stereocenters. The molecule has 2 N–H and O–H groups in total. The number of para-hydroxylation sites is 1. The Hall–Kier alpha value is -3.18. The van der Waals surface area contributed by atoms with Gasteiger partial charge in [-0.25, -0.2) is 9.69 Å². The minimum atomic E-state index is -0.195. The van der Waals surface area contributed by atoms with Crippen LogP contribution in [0.4, 0.5) is 5.69 Å². The molecular formula is C21H19N2O3+. The molecule has 1 unspecified atom stereocenters. The standard InChI is InChI=1S/C21H18N2O3/c24-21-20(22-25)18-8-3-4-9-19(18)23(21)12-5-13-26-17-11-10-15-6-1-2-7-16(15)14-17/h1-4,6-11,14,25H,5,12-13H2/p+1. The number of benzene rings is 3. The molecular weight excluding hydrogens is 328 g/mol. The zero-order valence-corrected chi connectivity index (χ0v) is 14.2. The van der Waals surface area contributed by atoms with E-state index in [2.05, 4.69) is 17.3 Å². The third-order valence-corrected chi connectivity index (χ3v) is 4.66. The third kappa shape index (κ3) is 2.93. The molecule has 5 heteroatoms. The number of amides is 1. The number of ether oxygens (including phenoxy) is 1. The van der Waals surface area contributed by atoms with Gasteiger partial charge in [-0.2, -0.15) is 0 Å². The van der Waals surface area contributed by atoms with Crippen LogP contribution in [0, 0.1) is 0 Å². The van der Waals surface area contributed by atoms with Gasteiger partial charge in [0.15, 0.2) is 0 Å². The molecule has 0 aliphatic carbocycles. The number of rotatable bonds is 5. The smallest absolute Gasteiger partial charge is 0.372 e. The molecule has 4 rings (SSSR count). The number of fused-ring (bicyclic) bond motifs is 2. The fourth-order valence-corrected chi connectivity index (χ4v) is 3.38. The third-order valence-electron chi connectivity index (χ3n) is 4.66. The molecule has 1 aliphatic rings. The molecule has 0 saturated carbocycles. The Bertz CT molecular complexity index is 997. The van der Waals surface area contributed by atoms with E-state index in [4.69, 9.17) is 9.94 Å². The van der Waals surface area contributed by atoms with E-state index in [1.165, 1.54) is 5.39 Å². The highest BCUT2D eigenvalue weighted by Crippen LogP contribution is 2.21. The van der Waals surface area contributed by atoms with Crippen molar-refractivity contribution in [2.75, 3.05) is 13.2 Å². The maximum atomic E-state index is 12.4. The molecule has 1 aliphatic heterocycles. The zero-order valence-electron chi connectivity index (χ0n) is 14.2. The summed E-state index contributed by atoms with van der Waals surface area (Å²) in [4.78, 5) is 13.1. The van der Waals surface area contributed by atoms with E-state index in [1.807, 2.05) is 48.5 Å². The van der Waals surface area contributed by atoms with Crippen molar-refractivity contribution in [3.8, 4) is 5.75 Å². The van der Waals surface area contributed by atoms with Gasteiger partial charge >= 0.3 is 5.91 Å². The fourth-order valence-electron chi connectivity index (χ4n) is 3.38. The maximum Gasteiger partial charge on any atom is 0.372 e. The van der Waals surface area contributed by atoms with Crippen molar-refractivity contribution in [1.82, 2.24) is 0 Å². The first-order valence-electron chi connectivity index (χ1n) is 8.62. The van der Waals surface area contributed by atoms with Crippen molar-refractivity contribution in [3.05, 3.63) is 72.3 Å². The Labute approximate surface area is 151 Å². The number of quaternary nitrogens is 1. The Balaban J connectivity index is 1.39. The van der Waals surface area contributed by atoms with Crippen LogP contribution in [0.15, 0.2) is 71.9 Å². The molecule has 0 bridgehead atoms. The minimum Gasteiger partial charge on any atom is -0.493 e. The highest BCUT2D eigenvalue weighted by molar-refractivity contribution is 6.45. The van der Waals surface area contributed by atoms with E-state index in [0.29, 0.717) is 30.0 Å². The Morgan fingerprint density at radius 3 is 2.58 bits per heavy atom. The first-order chi connectivity index (χ1) is 12.8. The van der Waals surface area contributed by atoms with E-state index in [0.717, 1.165) is 16.8 Å². The topological polar surface area (TPSA) is 63.3 Å². The van der Waals surface area contributed by atoms with Crippen LogP contribution >= 0.6 is 0 Å². The van der Waals surface area contributed by atoms with Crippen LogP contribution < -0.4 is 9.64 Å². The van der Waals surface area contributed by atoms with Crippen LogP contribution in [0.2, 0.25) is 0 Å². The molecule has 0 spiro atoms. The van der Waals surface area contributed by atoms with Gasteiger partial charge in [0.2, 0.25) is 5.71 Å². The van der Waals surface area contributed by atoms with E-state index < -0.39 is 0 Å². The Morgan fingerprint density at radius 1 is 0.962 bits per heavy atom. The van der Waals surface area contributed by atoms with Crippen molar-refractivity contribution in [3.63, 3.8) is 0 Å². The summed E-state index contributed by atoms with van der Waals surface area (Å²) in [5.41, 5.74) is 1.69. The molecule has 26 heavy (non-hydrogen) atoms. The summed E-state index contributed by atoms with van der Waals surface area (Å²) in [6, 6.07) is 21.6. The molecule has 3 aromatic carbocycles. The van der Waals surface area contributed by atoms with Crippen LogP contribution in [-0.4, -0.2) is 30.0 Å². The lowest BCUT2D eigenvalue weighted by atomic mass is 10.1. The van der Waals surface area contributed by atoms with E-state index in [1.54, 1.807) is 6.07 Å². The summed E-state index contributed by atoms with van der Waals surface area (Å²) in [6.45, 7) is 1.10. The van der Waals surface area contributed by atoms with Crippen LogP contribution in [-0.2, 0) is 4.79 Å². The molecule has 1 amide bonds. The summed E-state index contributed by atoms with van der Waals surface area (Å²) in [5, 5.41) is 14.6. The van der Waals surface area contributed by atoms with Crippen LogP contribution in [0.3, 0.4) is 0 Å². The SMILES string of the molecule is O=C1C(=NO)c2ccccc2[NH+]1CCCOc1ccc2ccccc2c1. The number of carbonyl (C=O) groups is 1. The minimum absolute atomic E-state index is 0.131. The summed E-state index contributed by atoms with van der Waals surface area (Å²) in [5.74, 6) is 0.629. The molecule has 1 heterocycles. The molecule has 5 nitrogen and oxygen atoms in total. The molecule has 0 fully saturated rings. The summed E-state index contributed by atoms with van der Waals surface area (Å²) >= 11 is 0. The van der Waals surface area contributed by atoms with E-state index in [9.17, 15) is 4.79 Å². The predicted octanol–water partition coefficient (Wildman–Crippen LogP) is 2.54. The van der Waals surface area contributed by atoms with E-state index in [-0.39, 0.29) is 11.6 Å². The second-order valence-electron chi connectivity index (χ2n) is 6.26. The van der Waals surface area contributed by atoms with Crippen molar-refractivity contribution >= 4 is 28.1 Å². The lowest BCUT2D eigenvalue weighted by Gasteiger charge is -2.11. The van der Waals surface area contributed by atoms with Gasteiger partial charge in [-0.05, 0) is 29.0 Å². The molecule has 130 valence electrons. The zero-order chi connectivity index (χ0) is 17.9. The van der Waals surface area contributed by atoms with Gasteiger partial charge in [-0.3, -0.25) is 0 Å². The van der Waals surface area contributed by atoms with Gasteiger partial charge in [-0.1, -0.05) is 47.6 Å². The maximum absolute atomic E-state index is 12.4. The van der Waals surface area contributed by atoms with Gasteiger partial charge in [0.1, 0.15) is 11.4 Å². The molecule has 0 aromatic heterocycles. The van der Waals surface area contributed by atoms with Gasteiger partial charge < -0.3 is 9.94 Å². The Morgan fingerprint density at radius 2 is 1.73 bits per heavy atom. The normalized spacial score (nSPS) is 17.6. The highest BCUT2D eigenvalue weighted by Gasteiger charge is 2.39. The lowest BCUT2D eigenvalue weighted by molar-refractivity contribution is -0.742. The van der Waals surface area contributed by atoms with Crippen molar-refractivity contribution < 1.29 is 19.6 Å². The van der Waals surface area contributed by atoms with Crippen LogP contribution in [0.25, 0.3) is 10.8 Å². The number of nitrogens with one attached hydrogen (secondary N) is 1. The fraction of sp³-hybridized carbons (Fsp3) is 0.143. The van der Waals surface area contributed by atoms with Crippen molar-refractivity contribution in [2.45, 2.75) is 6.42 Å². The molecule has 3 aromatic rings. The lowest BCUT2D eigenvalue weighted by Crippen LogP contribution is -3.09. The molecule has 0 radical (unpaired) electrons. The average molecular weight is 347 g/mol. The molecule has 0 saturated heterocycles. The first kappa shape index (κ1) is 16.3. The van der Waals surface area contributed by atoms with Crippen molar-refractivity contribution in [1.29, 1.82) is 0 Å². The van der Waals surface area contributed by atoms with Gasteiger partial charge in [0.05, 0.1) is 18.7 Å². The second kappa shape index (κ2) is 6.98. The van der Waals surface area contributed by atoms with Gasteiger partial charge in [0.25, 0.3) is 0 Å². The monoisotopic (exact) mass is 347 g/mol. The number of hydrogen-bond donors (Lipinski definition) is 2. The van der Waals surface area contributed by atoms with Gasteiger partial charge in [-0.15, -0.1) is 0 Å². The van der Waals surface area contributed by atoms with Crippen molar-refractivity contribution in [2.24, 2.45) is 5.16 Å². The van der Waals surface area contributed by atoms with E-state index >= 15 is 0 Å². The van der Waals surface area contributed by atoms with Crippen LogP contribution in [0.1, 0.15) is 12.0 Å². The number of nitrogens with zero attached hydrogens (tertiary/aromatic N) is 1. The van der Waals surface area contributed by atoms with Gasteiger partial charge in [0, 0.05) is 12.5 Å². The van der Waals surface area contributed by atoms with Crippen LogP contribution in [0.5, 0.6) is 5.75 Å². The number of carbonyl (C=O) groups excluding carboxylic acids is 1. The summed E-state index contributed by atoms with van der Waals surface area (Å²) in [6.07, 6.45) is 0.709. The largest absolute Gasteiger partial charge is 0.493 e.